The number of thioether (sulfide) groups is 1. The molecule has 3 N–H and O–H groups in total. The first-order chi connectivity index (χ1) is 8.00. The number of aromatic hydroxyl groups is 1. The Balaban J connectivity index is 2.37. The summed E-state index contributed by atoms with van der Waals surface area (Å²) in [6, 6.07) is 5.65. The molecule has 2 rings (SSSR count). The van der Waals surface area contributed by atoms with Gasteiger partial charge in [0.15, 0.2) is 5.25 Å². The molecule has 88 valence electrons. The third-order valence-corrected chi connectivity index (χ3v) is 3.25. The summed E-state index contributed by atoms with van der Waals surface area (Å²) >= 11 is 0.572. The van der Waals surface area contributed by atoms with Crippen molar-refractivity contribution in [2.24, 2.45) is 5.73 Å². The highest BCUT2D eigenvalue weighted by molar-refractivity contribution is 8.16. The van der Waals surface area contributed by atoms with Gasteiger partial charge in [0.25, 0.3) is 11.1 Å². The zero-order valence-electron chi connectivity index (χ0n) is 8.49. The molecule has 0 radical (unpaired) electrons. The van der Waals surface area contributed by atoms with E-state index in [0.29, 0.717) is 11.8 Å². The first-order valence-electron chi connectivity index (χ1n) is 4.63. The number of anilines is 1. The number of carbonyl (C=O) groups excluding carboxylic acids is 3. The molecule has 7 heteroatoms. The first-order valence-corrected chi connectivity index (χ1v) is 5.51. The Kier molecular flexibility index (Phi) is 2.76. The number of nitrogens with two attached hydrogens (primary N) is 1. The van der Waals surface area contributed by atoms with Gasteiger partial charge in [-0.15, -0.1) is 0 Å². The van der Waals surface area contributed by atoms with Crippen LogP contribution in [0.15, 0.2) is 24.3 Å². The zero-order valence-corrected chi connectivity index (χ0v) is 9.31. The largest absolute Gasteiger partial charge is 0.508 e. The number of phenols is 1. The normalized spacial score (nSPS) is 19.8. The van der Waals surface area contributed by atoms with Gasteiger partial charge in [-0.25, -0.2) is 4.90 Å². The van der Waals surface area contributed by atoms with E-state index in [-0.39, 0.29) is 11.4 Å². The molecule has 0 bridgehead atoms. The van der Waals surface area contributed by atoms with Crippen LogP contribution in [-0.2, 0) is 9.59 Å². The highest BCUT2D eigenvalue weighted by atomic mass is 32.2. The third-order valence-electron chi connectivity index (χ3n) is 2.19. The minimum absolute atomic E-state index is 0.0735. The molecule has 1 aliphatic rings. The Bertz CT molecular complexity index is 517. The molecule has 1 aromatic rings. The quantitative estimate of drug-likeness (QED) is 0.744. The molecule has 1 atom stereocenters. The molecule has 0 aromatic heterocycles. The van der Waals surface area contributed by atoms with Gasteiger partial charge in [-0.1, -0.05) is 6.07 Å². The topological polar surface area (TPSA) is 101 Å². The molecule has 3 amide bonds. The number of phenolic OH excluding ortho intramolecular Hbond substituents is 1. The van der Waals surface area contributed by atoms with Crippen molar-refractivity contribution < 1.29 is 19.5 Å². The van der Waals surface area contributed by atoms with Crippen LogP contribution in [0.4, 0.5) is 10.5 Å². The summed E-state index contributed by atoms with van der Waals surface area (Å²) < 4.78 is 0. The number of hydrogen-bond donors (Lipinski definition) is 2. The Morgan fingerprint density at radius 2 is 2.12 bits per heavy atom. The van der Waals surface area contributed by atoms with Crippen LogP contribution in [-0.4, -0.2) is 27.4 Å². The van der Waals surface area contributed by atoms with E-state index in [2.05, 4.69) is 0 Å². The Hall–Kier alpha value is -2.02. The number of amides is 3. The molecule has 0 unspecified atom stereocenters. The smallest absolute Gasteiger partial charge is 0.294 e. The molecular formula is C10H8N2O4S. The predicted molar refractivity (Wildman–Crippen MR) is 61.6 cm³/mol. The van der Waals surface area contributed by atoms with E-state index in [1.165, 1.54) is 24.3 Å². The lowest BCUT2D eigenvalue weighted by Gasteiger charge is -2.13. The van der Waals surface area contributed by atoms with Crippen molar-refractivity contribution in [3.05, 3.63) is 24.3 Å². The number of primary amides is 1. The second kappa shape index (κ2) is 4.10. The monoisotopic (exact) mass is 252 g/mol. The van der Waals surface area contributed by atoms with E-state index < -0.39 is 22.3 Å². The second-order valence-electron chi connectivity index (χ2n) is 3.36. The summed E-state index contributed by atoms with van der Waals surface area (Å²) in [4.78, 5) is 35.1. The predicted octanol–water partition coefficient (Wildman–Crippen LogP) is 0.446. The van der Waals surface area contributed by atoms with Crippen LogP contribution < -0.4 is 10.6 Å². The number of imide groups is 1. The van der Waals surface area contributed by atoms with E-state index in [9.17, 15) is 19.5 Å². The Labute approximate surface area is 100 Å². The van der Waals surface area contributed by atoms with Crippen molar-refractivity contribution >= 4 is 34.5 Å². The minimum atomic E-state index is -1.19. The standard InChI is InChI=1S/C10H8N2O4S/c11-8(14)7-9(15)12(10(16)17-7)5-2-1-3-6(13)4-5/h1-4,7,13H,(H2,11,14)/t7-/m1/s1. The number of rotatable bonds is 2. The second-order valence-corrected chi connectivity index (χ2v) is 4.42. The number of benzene rings is 1. The number of nitrogens with zero attached hydrogens (tertiary/aromatic N) is 1. The summed E-state index contributed by atoms with van der Waals surface area (Å²) in [5.41, 5.74) is 5.23. The van der Waals surface area contributed by atoms with Crippen molar-refractivity contribution in [3.63, 3.8) is 0 Å². The summed E-state index contributed by atoms with van der Waals surface area (Å²) in [5, 5.41) is 7.50. The Morgan fingerprint density at radius 1 is 1.41 bits per heavy atom. The van der Waals surface area contributed by atoms with E-state index in [1.54, 1.807) is 0 Å². The lowest BCUT2D eigenvalue weighted by Crippen LogP contribution is -2.37. The van der Waals surface area contributed by atoms with E-state index in [0.717, 1.165) is 4.90 Å². The highest BCUT2D eigenvalue weighted by Crippen LogP contribution is 2.32. The van der Waals surface area contributed by atoms with Crippen molar-refractivity contribution in [2.75, 3.05) is 4.90 Å². The summed E-state index contributed by atoms with van der Waals surface area (Å²) in [5.74, 6) is -1.61. The lowest BCUT2D eigenvalue weighted by molar-refractivity contribution is -0.124. The molecule has 1 aromatic carbocycles. The maximum Gasteiger partial charge on any atom is 0.294 e. The van der Waals surface area contributed by atoms with Crippen LogP contribution in [0.1, 0.15) is 0 Å². The van der Waals surface area contributed by atoms with Gasteiger partial charge in [-0.2, -0.15) is 0 Å². The van der Waals surface area contributed by atoms with Crippen LogP contribution in [0.5, 0.6) is 5.75 Å². The van der Waals surface area contributed by atoms with Gasteiger partial charge in [0.2, 0.25) is 5.91 Å². The fourth-order valence-electron chi connectivity index (χ4n) is 1.46. The van der Waals surface area contributed by atoms with Crippen molar-refractivity contribution in [1.82, 2.24) is 0 Å². The zero-order chi connectivity index (χ0) is 12.6. The van der Waals surface area contributed by atoms with Crippen LogP contribution in [0, 0.1) is 0 Å². The SMILES string of the molecule is NC(=O)[C@H]1SC(=O)N(c2cccc(O)c2)C1=O. The highest BCUT2D eigenvalue weighted by Gasteiger charge is 2.43. The van der Waals surface area contributed by atoms with E-state index in [4.69, 9.17) is 5.73 Å². The minimum Gasteiger partial charge on any atom is -0.508 e. The number of hydrogen-bond acceptors (Lipinski definition) is 5. The van der Waals surface area contributed by atoms with Crippen LogP contribution in [0.3, 0.4) is 0 Å². The Morgan fingerprint density at radius 3 is 2.65 bits per heavy atom. The van der Waals surface area contributed by atoms with Gasteiger partial charge in [-0.05, 0) is 23.9 Å². The lowest BCUT2D eigenvalue weighted by atomic mass is 10.2. The molecule has 0 aliphatic carbocycles. The molecule has 0 spiro atoms. The average molecular weight is 252 g/mol. The fourth-order valence-corrected chi connectivity index (χ4v) is 2.28. The van der Waals surface area contributed by atoms with Gasteiger partial charge < -0.3 is 10.8 Å². The van der Waals surface area contributed by atoms with Gasteiger partial charge >= 0.3 is 0 Å². The maximum absolute atomic E-state index is 11.8. The van der Waals surface area contributed by atoms with Crippen molar-refractivity contribution in [3.8, 4) is 5.75 Å². The molecule has 17 heavy (non-hydrogen) atoms. The van der Waals surface area contributed by atoms with Crippen LogP contribution in [0.2, 0.25) is 0 Å². The van der Waals surface area contributed by atoms with Crippen molar-refractivity contribution in [1.29, 1.82) is 0 Å². The molecule has 1 saturated heterocycles. The van der Waals surface area contributed by atoms with Crippen molar-refractivity contribution in [2.45, 2.75) is 5.25 Å². The molecule has 6 nitrogen and oxygen atoms in total. The molecule has 1 fully saturated rings. The molecule has 1 heterocycles. The van der Waals surface area contributed by atoms with Gasteiger partial charge in [0, 0.05) is 6.07 Å². The van der Waals surface area contributed by atoms with Gasteiger partial charge in [0.1, 0.15) is 5.75 Å². The van der Waals surface area contributed by atoms with E-state index >= 15 is 0 Å². The first kappa shape index (κ1) is 11.5. The number of carbonyl (C=O) groups is 3. The van der Waals surface area contributed by atoms with Crippen LogP contribution in [0.25, 0.3) is 0 Å². The van der Waals surface area contributed by atoms with Gasteiger partial charge in [0.05, 0.1) is 5.69 Å². The van der Waals surface area contributed by atoms with Crippen LogP contribution >= 0.6 is 11.8 Å². The summed E-state index contributed by atoms with van der Waals surface area (Å²) in [6.07, 6.45) is 0. The maximum atomic E-state index is 11.8. The molecular weight excluding hydrogens is 244 g/mol. The third kappa shape index (κ3) is 1.96. The summed E-state index contributed by atoms with van der Waals surface area (Å²) in [6.45, 7) is 0. The molecule has 1 aliphatic heterocycles. The fraction of sp³-hybridized carbons (Fsp3) is 0.100. The average Bonchev–Trinajstić information content (AvgIpc) is 2.54. The summed E-state index contributed by atoms with van der Waals surface area (Å²) in [7, 11) is 0. The van der Waals surface area contributed by atoms with E-state index in [1.807, 2.05) is 0 Å². The van der Waals surface area contributed by atoms with Gasteiger partial charge in [-0.3, -0.25) is 14.4 Å². The molecule has 0 saturated carbocycles.